The predicted molar refractivity (Wildman–Crippen MR) is 85.0 cm³/mol. The maximum Gasteiger partial charge on any atom is 0.246 e. The highest BCUT2D eigenvalue weighted by atomic mass is 32.2. The van der Waals surface area contributed by atoms with Crippen molar-refractivity contribution in [2.75, 3.05) is 46.6 Å². The fraction of sp³-hybridized carbons (Fsp3) is 0.571. The Balaban J connectivity index is 3.04. The third kappa shape index (κ3) is 4.59. The van der Waals surface area contributed by atoms with Crippen LogP contribution in [-0.2, 0) is 10.0 Å². The highest BCUT2D eigenvalue weighted by Crippen LogP contribution is 2.28. The second-order valence-electron chi connectivity index (χ2n) is 5.06. The molecule has 0 aliphatic rings. The Bertz CT molecular complexity index is 559. The van der Waals surface area contributed by atoms with Crippen LogP contribution in [-0.4, -0.2) is 58.5 Å². The lowest BCUT2D eigenvalue weighted by atomic mass is 10.3. The molecule has 0 fully saturated rings. The number of sulfonamides is 1. The topological polar surface area (TPSA) is 75.9 Å². The monoisotopic (exact) mass is 315 g/mol. The van der Waals surface area contributed by atoms with Crippen LogP contribution in [0.1, 0.15) is 13.3 Å². The first-order valence-electron chi connectivity index (χ1n) is 6.91. The van der Waals surface area contributed by atoms with Gasteiger partial charge in [0, 0.05) is 18.8 Å². The summed E-state index contributed by atoms with van der Waals surface area (Å²) in [6.45, 7) is 3.54. The molecule has 120 valence electrons. The second kappa shape index (κ2) is 7.63. The third-order valence-electron chi connectivity index (χ3n) is 3.17. The largest absolute Gasteiger partial charge is 0.495 e. The van der Waals surface area contributed by atoms with E-state index in [1.807, 2.05) is 25.9 Å². The van der Waals surface area contributed by atoms with E-state index in [0.717, 1.165) is 13.0 Å². The number of methoxy groups -OCH3 is 1. The van der Waals surface area contributed by atoms with Crippen molar-refractivity contribution in [3.8, 4) is 5.75 Å². The Kier molecular flexibility index (Phi) is 6.44. The summed E-state index contributed by atoms with van der Waals surface area (Å²) < 4.78 is 32.1. The van der Waals surface area contributed by atoms with Gasteiger partial charge in [0.25, 0.3) is 0 Å². The van der Waals surface area contributed by atoms with Gasteiger partial charge in [-0.1, -0.05) is 6.92 Å². The van der Waals surface area contributed by atoms with Crippen LogP contribution < -0.4 is 10.5 Å². The summed E-state index contributed by atoms with van der Waals surface area (Å²) in [6.07, 6.45) is 0.769. The number of benzene rings is 1. The fourth-order valence-electron chi connectivity index (χ4n) is 2.05. The first-order valence-corrected chi connectivity index (χ1v) is 8.35. The molecule has 0 aliphatic carbocycles. The van der Waals surface area contributed by atoms with Crippen molar-refractivity contribution in [2.45, 2.75) is 18.2 Å². The average molecular weight is 315 g/mol. The number of nitrogens with two attached hydrogens (primary N) is 1. The Morgan fingerprint density at radius 1 is 1.24 bits per heavy atom. The molecule has 6 nitrogen and oxygen atoms in total. The van der Waals surface area contributed by atoms with Gasteiger partial charge in [0.2, 0.25) is 10.0 Å². The number of hydrogen-bond donors (Lipinski definition) is 1. The summed E-state index contributed by atoms with van der Waals surface area (Å²) in [5.41, 5.74) is 6.12. The summed E-state index contributed by atoms with van der Waals surface area (Å²) >= 11 is 0. The lowest BCUT2D eigenvalue weighted by Gasteiger charge is -2.22. The molecule has 0 saturated carbocycles. The Labute approximate surface area is 127 Å². The maximum atomic E-state index is 12.7. The van der Waals surface area contributed by atoms with Gasteiger partial charge < -0.3 is 15.4 Å². The SMILES string of the molecule is CCN(CCCN(C)C)S(=O)(=O)c1cc(N)ccc1OC. The molecule has 0 atom stereocenters. The molecule has 0 heterocycles. The highest BCUT2D eigenvalue weighted by Gasteiger charge is 2.26. The molecule has 1 rings (SSSR count). The molecule has 0 spiro atoms. The molecule has 0 unspecified atom stereocenters. The minimum atomic E-state index is -3.60. The highest BCUT2D eigenvalue weighted by molar-refractivity contribution is 7.89. The van der Waals surface area contributed by atoms with Crippen LogP contribution in [0.25, 0.3) is 0 Å². The van der Waals surface area contributed by atoms with Gasteiger partial charge in [-0.05, 0) is 45.3 Å². The Morgan fingerprint density at radius 2 is 1.90 bits per heavy atom. The van der Waals surface area contributed by atoms with Crippen LogP contribution in [0, 0.1) is 0 Å². The van der Waals surface area contributed by atoms with Crippen LogP contribution in [0.3, 0.4) is 0 Å². The van der Waals surface area contributed by atoms with Crippen molar-refractivity contribution in [2.24, 2.45) is 0 Å². The van der Waals surface area contributed by atoms with Crippen molar-refractivity contribution in [3.05, 3.63) is 18.2 Å². The van der Waals surface area contributed by atoms with Crippen molar-refractivity contribution < 1.29 is 13.2 Å². The molecule has 0 aromatic heterocycles. The second-order valence-corrected chi connectivity index (χ2v) is 6.97. The van der Waals surface area contributed by atoms with E-state index in [-0.39, 0.29) is 4.90 Å². The molecular formula is C14H25N3O3S. The van der Waals surface area contributed by atoms with Crippen molar-refractivity contribution >= 4 is 15.7 Å². The van der Waals surface area contributed by atoms with Gasteiger partial charge in [0.1, 0.15) is 10.6 Å². The van der Waals surface area contributed by atoms with Crippen molar-refractivity contribution in [3.63, 3.8) is 0 Å². The van der Waals surface area contributed by atoms with Crippen LogP contribution in [0.5, 0.6) is 5.75 Å². The molecule has 7 heteroatoms. The molecule has 1 aromatic rings. The summed E-state index contributed by atoms with van der Waals surface area (Å²) in [5.74, 6) is 0.315. The summed E-state index contributed by atoms with van der Waals surface area (Å²) in [6, 6.07) is 4.65. The minimum absolute atomic E-state index is 0.122. The number of rotatable bonds is 8. The van der Waals surface area contributed by atoms with E-state index < -0.39 is 10.0 Å². The number of anilines is 1. The first-order chi connectivity index (χ1) is 9.82. The molecule has 0 amide bonds. The summed E-state index contributed by atoms with van der Waals surface area (Å²) in [5, 5.41) is 0. The smallest absolute Gasteiger partial charge is 0.246 e. The van der Waals surface area contributed by atoms with E-state index in [9.17, 15) is 8.42 Å². The molecular weight excluding hydrogens is 290 g/mol. The van der Waals surface area contributed by atoms with Crippen LogP contribution in [0.4, 0.5) is 5.69 Å². The molecule has 1 aromatic carbocycles. The zero-order valence-corrected chi connectivity index (χ0v) is 14.0. The van der Waals surface area contributed by atoms with Gasteiger partial charge in [-0.15, -0.1) is 0 Å². The lowest BCUT2D eigenvalue weighted by Crippen LogP contribution is -2.33. The van der Waals surface area contributed by atoms with Gasteiger partial charge >= 0.3 is 0 Å². The van der Waals surface area contributed by atoms with Crippen molar-refractivity contribution in [1.29, 1.82) is 0 Å². The number of ether oxygens (including phenoxy) is 1. The van der Waals surface area contributed by atoms with Gasteiger partial charge in [-0.3, -0.25) is 0 Å². The quantitative estimate of drug-likeness (QED) is 0.731. The van der Waals surface area contributed by atoms with Crippen LogP contribution in [0.2, 0.25) is 0 Å². The minimum Gasteiger partial charge on any atom is -0.495 e. The Morgan fingerprint density at radius 3 is 2.43 bits per heavy atom. The maximum absolute atomic E-state index is 12.7. The molecule has 2 N–H and O–H groups in total. The van der Waals surface area contributed by atoms with E-state index in [1.165, 1.54) is 17.5 Å². The van der Waals surface area contributed by atoms with Gasteiger partial charge in [0.15, 0.2) is 0 Å². The zero-order valence-electron chi connectivity index (χ0n) is 13.2. The van der Waals surface area contributed by atoms with E-state index in [1.54, 1.807) is 12.1 Å². The number of nitrogen functional groups attached to an aromatic ring is 1. The zero-order chi connectivity index (χ0) is 16.0. The molecule has 0 saturated heterocycles. The van der Waals surface area contributed by atoms with Gasteiger partial charge in [0.05, 0.1) is 7.11 Å². The van der Waals surface area contributed by atoms with Crippen molar-refractivity contribution in [1.82, 2.24) is 9.21 Å². The van der Waals surface area contributed by atoms with Gasteiger partial charge in [-0.25, -0.2) is 8.42 Å². The fourth-order valence-corrected chi connectivity index (χ4v) is 3.72. The normalized spacial score (nSPS) is 12.1. The summed E-state index contributed by atoms with van der Waals surface area (Å²) in [4.78, 5) is 2.15. The van der Waals surface area contributed by atoms with E-state index >= 15 is 0 Å². The predicted octanol–water partition coefficient (Wildman–Crippen LogP) is 1.24. The summed E-state index contributed by atoms with van der Waals surface area (Å²) in [7, 11) is 1.77. The molecule has 0 aliphatic heterocycles. The lowest BCUT2D eigenvalue weighted by molar-refractivity contribution is 0.353. The molecule has 0 radical (unpaired) electrons. The van der Waals surface area contributed by atoms with E-state index in [2.05, 4.69) is 0 Å². The van der Waals surface area contributed by atoms with E-state index in [0.29, 0.717) is 24.5 Å². The molecule has 0 bridgehead atoms. The van der Waals surface area contributed by atoms with E-state index in [4.69, 9.17) is 10.5 Å². The van der Waals surface area contributed by atoms with Gasteiger partial charge in [-0.2, -0.15) is 4.31 Å². The van der Waals surface area contributed by atoms with Crippen LogP contribution in [0.15, 0.2) is 23.1 Å². The third-order valence-corrected chi connectivity index (χ3v) is 5.17. The average Bonchev–Trinajstić information content (AvgIpc) is 2.43. The number of nitrogens with zero attached hydrogens (tertiary/aromatic N) is 2. The Hall–Kier alpha value is -1.31. The first kappa shape index (κ1) is 17.7. The number of hydrogen-bond acceptors (Lipinski definition) is 5. The van der Waals surface area contributed by atoms with Crippen LogP contribution >= 0.6 is 0 Å². The standard InChI is InChI=1S/C14H25N3O3S/c1-5-17(10-6-9-16(2)3)21(18,19)14-11-12(15)7-8-13(14)20-4/h7-8,11H,5-6,9-10,15H2,1-4H3. The molecule has 21 heavy (non-hydrogen) atoms.